The highest BCUT2D eigenvalue weighted by molar-refractivity contribution is 5.27. The summed E-state index contributed by atoms with van der Waals surface area (Å²) in [5.74, 6) is 0. The van der Waals surface area contributed by atoms with Gasteiger partial charge in [0.05, 0.1) is 6.20 Å². The Bertz CT molecular complexity index is 279. The van der Waals surface area contributed by atoms with Crippen LogP contribution in [0.15, 0.2) is 6.20 Å². The molecule has 0 aromatic carbocycles. The van der Waals surface area contributed by atoms with Crippen LogP contribution < -0.4 is 5.32 Å². The molecule has 0 amide bonds. The van der Waals surface area contributed by atoms with Crippen LogP contribution in [0.1, 0.15) is 30.1 Å². The minimum Gasteiger partial charge on any atom is -0.307 e. The van der Waals surface area contributed by atoms with Gasteiger partial charge >= 0.3 is 0 Å². The third-order valence-electron chi connectivity index (χ3n) is 2.82. The summed E-state index contributed by atoms with van der Waals surface area (Å²) in [5.41, 5.74) is 2.76. The van der Waals surface area contributed by atoms with Gasteiger partial charge in [-0.2, -0.15) is 5.10 Å². The summed E-state index contributed by atoms with van der Waals surface area (Å²) in [5, 5.41) is 10.7. The van der Waals surface area contributed by atoms with Crippen LogP contribution in [0.5, 0.6) is 0 Å². The molecule has 1 aromatic rings. The second-order valence-corrected chi connectivity index (χ2v) is 3.50. The van der Waals surface area contributed by atoms with E-state index in [2.05, 4.69) is 15.5 Å². The molecule has 11 heavy (non-hydrogen) atoms. The summed E-state index contributed by atoms with van der Waals surface area (Å²) >= 11 is 0. The molecule has 0 saturated carbocycles. The van der Waals surface area contributed by atoms with Gasteiger partial charge in [0, 0.05) is 29.8 Å². The predicted octanol–water partition coefficient (Wildman–Crippen LogP) is 0.759. The lowest BCUT2D eigenvalue weighted by Crippen LogP contribution is -2.31. The van der Waals surface area contributed by atoms with Gasteiger partial charge in [0.25, 0.3) is 0 Å². The van der Waals surface area contributed by atoms with Gasteiger partial charge < -0.3 is 5.32 Å². The molecule has 0 unspecified atom stereocenters. The smallest absolute Gasteiger partial charge is 0.0538 e. The Morgan fingerprint density at radius 2 is 2.45 bits per heavy atom. The molecule has 3 heteroatoms. The van der Waals surface area contributed by atoms with Gasteiger partial charge in [-0.15, -0.1) is 0 Å². The Morgan fingerprint density at radius 1 is 1.45 bits per heavy atom. The van der Waals surface area contributed by atoms with Gasteiger partial charge in [-0.05, 0) is 12.8 Å². The van der Waals surface area contributed by atoms with E-state index < -0.39 is 0 Å². The quantitative estimate of drug-likeness (QED) is 0.571. The first-order valence-electron chi connectivity index (χ1n) is 4.21. The van der Waals surface area contributed by atoms with Crippen molar-refractivity contribution in [3.8, 4) is 0 Å². The van der Waals surface area contributed by atoms with Crippen molar-refractivity contribution in [2.45, 2.75) is 31.3 Å². The molecule has 1 fully saturated rings. The molecule has 1 saturated heterocycles. The second kappa shape index (κ2) is 1.85. The molecule has 0 spiro atoms. The molecule has 2 bridgehead atoms. The number of rotatable bonds is 0. The number of H-pyrrole nitrogens is 1. The number of aromatic amines is 1. The lowest BCUT2D eigenvalue weighted by Gasteiger charge is -2.20. The SMILES string of the molecule is c1n[nH]c2c1[C@H]1CC[C@@H](C2)N1. The third-order valence-corrected chi connectivity index (χ3v) is 2.82. The van der Waals surface area contributed by atoms with Crippen molar-refractivity contribution < 1.29 is 0 Å². The lowest BCUT2D eigenvalue weighted by molar-refractivity contribution is 0.511. The molecule has 0 aliphatic carbocycles. The summed E-state index contributed by atoms with van der Waals surface area (Å²) in [4.78, 5) is 0. The van der Waals surface area contributed by atoms with E-state index in [9.17, 15) is 0 Å². The summed E-state index contributed by atoms with van der Waals surface area (Å²) in [7, 11) is 0. The number of hydrogen-bond acceptors (Lipinski definition) is 2. The fourth-order valence-electron chi connectivity index (χ4n) is 2.26. The Hall–Kier alpha value is -0.830. The number of nitrogens with zero attached hydrogens (tertiary/aromatic N) is 1. The molecule has 0 radical (unpaired) electrons. The molecule has 2 aliphatic rings. The summed E-state index contributed by atoms with van der Waals surface area (Å²) in [6.07, 6.45) is 5.73. The first kappa shape index (κ1) is 5.77. The van der Waals surface area contributed by atoms with Crippen molar-refractivity contribution >= 4 is 0 Å². The molecular weight excluding hydrogens is 138 g/mol. The molecule has 3 rings (SSSR count). The molecule has 2 aliphatic heterocycles. The van der Waals surface area contributed by atoms with Crippen LogP contribution in [0, 0.1) is 0 Å². The predicted molar refractivity (Wildman–Crippen MR) is 41.2 cm³/mol. The maximum Gasteiger partial charge on any atom is 0.0538 e. The van der Waals surface area contributed by atoms with Crippen molar-refractivity contribution in [2.75, 3.05) is 0 Å². The van der Waals surface area contributed by atoms with Crippen molar-refractivity contribution in [3.63, 3.8) is 0 Å². The van der Waals surface area contributed by atoms with E-state index in [0.717, 1.165) is 6.42 Å². The highest BCUT2D eigenvalue weighted by Gasteiger charge is 2.32. The van der Waals surface area contributed by atoms with E-state index in [1.807, 2.05) is 6.20 Å². The molecule has 3 nitrogen and oxygen atoms in total. The zero-order chi connectivity index (χ0) is 7.26. The van der Waals surface area contributed by atoms with Crippen molar-refractivity contribution in [1.82, 2.24) is 15.5 Å². The third kappa shape index (κ3) is 0.688. The largest absolute Gasteiger partial charge is 0.307 e. The first-order valence-corrected chi connectivity index (χ1v) is 4.21. The van der Waals surface area contributed by atoms with E-state index in [-0.39, 0.29) is 0 Å². The topological polar surface area (TPSA) is 40.7 Å². The number of nitrogens with one attached hydrogen (secondary N) is 2. The average molecular weight is 149 g/mol. The number of aromatic nitrogens is 2. The van der Waals surface area contributed by atoms with Crippen LogP contribution in [0.4, 0.5) is 0 Å². The minimum absolute atomic E-state index is 0.600. The molecule has 58 valence electrons. The van der Waals surface area contributed by atoms with Crippen molar-refractivity contribution in [3.05, 3.63) is 17.5 Å². The maximum atomic E-state index is 4.06. The van der Waals surface area contributed by atoms with Crippen LogP contribution in [0.25, 0.3) is 0 Å². The number of fused-ring (bicyclic) bond motifs is 4. The van der Waals surface area contributed by atoms with Gasteiger partial charge in [0.1, 0.15) is 0 Å². The van der Waals surface area contributed by atoms with Crippen molar-refractivity contribution in [2.24, 2.45) is 0 Å². The molecule has 1 aromatic heterocycles. The lowest BCUT2D eigenvalue weighted by atomic mass is 10.0. The van der Waals surface area contributed by atoms with Gasteiger partial charge in [0.15, 0.2) is 0 Å². The Balaban J connectivity index is 2.12. The average Bonchev–Trinajstić information content (AvgIpc) is 2.58. The zero-order valence-electron chi connectivity index (χ0n) is 6.30. The standard InChI is InChI=1S/C8H11N3/c1-2-7-6-4-9-11-8(6)3-5(1)10-7/h4-5,7,10H,1-3H2,(H,9,11)/t5-,7+/m0/s1. The van der Waals surface area contributed by atoms with Crippen LogP contribution in [-0.4, -0.2) is 16.2 Å². The molecule has 2 atom stereocenters. The minimum atomic E-state index is 0.600. The van der Waals surface area contributed by atoms with E-state index in [0.29, 0.717) is 12.1 Å². The molecule has 2 N–H and O–H groups in total. The van der Waals surface area contributed by atoms with Crippen LogP contribution in [0.3, 0.4) is 0 Å². The van der Waals surface area contributed by atoms with Gasteiger partial charge in [0.2, 0.25) is 0 Å². The van der Waals surface area contributed by atoms with Gasteiger partial charge in [-0.1, -0.05) is 0 Å². The van der Waals surface area contributed by atoms with Gasteiger partial charge in [-0.3, -0.25) is 5.10 Å². The monoisotopic (exact) mass is 149 g/mol. The molecule has 3 heterocycles. The van der Waals surface area contributed by atoms with Crippen LogP contribution >= 0.6 is 0 Å². The fourth-order valence-corrected chi connectivity index (χ4v) is 2.26. The summed E-state index contributed by atoms with van der Waals surface area (Å²) < 4.78 is 0. The zero-order valence-corrected chi connectivity index (χ0v) is 6.30. The normalized spacial score (nSPS) is 33.8. The summed E-state index contributed by atoms with van der Waals surface area (Å²) in [6.45, 7) is 0. The Labute approximate surface area is 65.2 Å². The van der Waals surface area contributed by atoms with E-state index in [1.165, 1.54) is 24.1 Å². The van der Waals surface area contributed by atoms with Crippen LogP contribution in [-0.2, 0) is 6.42 Å². The van der Waals surface area contributed by atoms with E-state index >= 15 is 0 Å². The molecular formula is C8H11N3. The van der Waals surface area contributed by atoms with Crippen LogP contribution in [0.2, 0.25) is 0 Å². The number of hydrogen-bond donors (Lipinski definition) is 2. The van der Waals surface area contributed by atoms with E-state index in [4.69, 9.17) is 0 Å². The Kier molecular flexibility index (Phi) is 0.973. The maximum absolute atomic E-state index is 4.06. The highest BCUT2D eigenvalue weighted by atomic mass is 15.1. The van der Waals surface area contributed by atoms with Crippen molar-refractivity contribution in [1.29, 1.82) is 0 Å². The second-order valence-electron chi connectivity index (χ2n) is 3.50. The highest BCUT2D eigenvalue weighted by Crippen LogP contribution is 2.34. The Morgan fingerprint density at radius 3 is 3.45 bits per heavy atom. The fraction of sp³-hybridized carbons (Fsp3) is 0.625. The first-order chi connectivity index (χ1) is 5.43. The summed E-state index contributed by atoms with van der Waals surface area (Å²) in [6, 6.07) is 1.32. The van der Waals surface area contributed by atoms with Gasteiger partial charge in [-0.25, -0.2) is 0 Å². The van der Waals surface area contributed by atoms with E-state index in [1.54, 1.807) is 0 Å².